The zero-order valence-corrected chi connectivity index (χ0v) is 20.3. The second kappa shape index (κ2) is 10.8. The van der Waals surface area contributed by atoms with Crippen molar-refractivity contribution in [2.24, 2.45) is 0 Å². The Morgan fingerprint density at radius 3 is 2.42 bits per heavy atom. The highest BCUT2D eigenvalue weighted by atomic mass is 35.5. The number of halogens is 2. The first-order chi connectivity index (χ1) is 15.7. The topological polar surface area (TPSA) is 85.9 Å². The van der Waals surface area contributed by atoms with E-state index in [2.05, 4.69) is 10.6 Å². The van der Waals surface area contributed by atoms with Gasteiger partial charge in [0.1, 0.15) is 6.61 Å². The zero-order chi connectivity index (χ0) is 24.1. The van der Waals surface area contributed by atoms with Gasteiger partial charge in [-0.2, -0.15) is 0 Å². The molecule has 7 nitrogen and oxygen atoms in total. The molecule has 0 saturated heterocycles. The third-order valence-corrected chi connectivity index (χ3v) is 5.57. The van der Waals surface area contributed by atoms with E-state index in [1.54, 1.807) is 57.2 Å². The molecule has 0 bridgehead atoms. The molecule has 2 aromatic carbocycles. The van der Waals surface area contributed by atoms with Gasteiger partial charge in [0.15, 0.2) is 11.5 Å². The van der Waals surface area contributed by atoms with Gasteiger partial charge >= 0.3 is 12.0 Å². The number of hydrogen-bond donors (Lipinski definition) is 2. The number of benzene rings is 2. The molecule has 1 aliphatic heterocycles. The fraction of sp³-hybridized carbons (Fsp3) is 0.333. The lowest BCUT2D eigenvalue weighted by Crippen LogP contribution is -2.45. The van der Waals surface area contributed by atoms with E-state index in [9.17, 15) is 9.59 Å². The Hall–Kier alpha value is -2.90. The minimum Gasteiger partial charge on any atom is -0.490 e. The van der Waals surface area contributed by atoms with E-state index < -0.39 is 18.0 Å². The van der Waals surface area contributed by atoms with E-state index in [1.807, 2.05) is 6.92 Å². The molecule has 176 valence electrons. The molecule has 0 saturated carbocycles. The van der Waals surface area contributed by atoms with E-state index in [0.717, 1.165) is 0 Å². The first-order valence-electron chi connectivity index (χ1n) is 10.5. The molecule has 33 heavy (non-hydrogen) atoms. The van der Waals surface area contributed by atoms with Gasteiger partial charge in [-0.15, -0.1) is 0 Å². The minimum atomic E-state index is -0.712. The van der Waals surface area contributed by atoms with Crippen molar-refractivity contribution in [2.45, 2.75) is 46.4 Å². The van der Waals surface area contributed by atoms with Crippen LogP contribution >= 0.6 is 23.2 Å². The third-order valence-electron chi connectivity index (χ3n) is 4.87. The number of nitrogens with one attached hydrogen (secondary N) is 2. The zero-order valence-electron chi connectivity index (χ0n) is 18.8. The standard InChI is InChI=1S/C24H26Cl2N2O5/c1-5-31-20-11-15(9-10-19(20)32-12-16-17(25)7-6-8-18(16)26)22-21(23(29)33-13(2)3)14(4)27-24(30)28-22/h6-11,13,22H,5,12H2,1-4H3,(H2,27,28,30). The van der Waals surface area contributed by atoms with Crippen LogP contribution in [0.2, 0.25) is 10.0 Å². The van der Waals surface area contributed by atoms with E-state index in [-0.39, 0.29) is 12.7 Å². The summed E-state index contributed by atoms with van der Waals surface area (Å²) < 4.78 is 17.1. The smallest absolute Gasteiger partial charge is 0.338 e. The Kier molecular flexibility index (Phi) is 8.10. The Labute approximate surface area is 203 Å². The third kappa shape index (κ3) is 5.92. The molecule has 0 fully saturated rings. The lowest BCUT2D eigenvalue weighted by Gasteiger charge is -2.29. The number of ether oxygens (including phenoxy) is 3. The van der Waals surface area contributed by atoms with Crippen LogP contribution in [0.4, 0.5) is 4.79 Å². The maximum absolute atomic E-state index is 12.8. The van der Waals surface area contributed by atoms with E-state index in [1.165, 1.54) is 0 Å². The van der Waals surface area contributed by atoms with E-state index in [0.29, 0.717) is 50.5 Å². The molecular formula is C24H26Cl2N2O5. The molecule has 2 N–H and O–H groups in total. The van der Waals surface area contributed by atoms with Crippen LogP contribution in [-0.2, 0) is 16.1 Å². The summed E-state index contributed by atoms with van der Waals surface area (Å²) in [4.78, 5) is 24.9. The summed E-state index contributed by atoms with van der Waals surface area (Å²) >= 11 is 12.5. The number of urea groups is 1. The summed E-state index contributed by atoms with van der Waals surface area (Å²) in [5.74, 6) is 0.427. The van der Waals surface area contributed by atoms with Crippen molar-refractivity contribution in [1.29, 1.82) is 0 Å². The highest BCUT2D eigenvalue weighted by Gasteiger charge is 2.33. The second-order valence-corrected chi connectivity index (χ2v) is 8.47. The van der Waals surface area contributed by atoms with Crippen molar-refractivity contribution in [3.8, 4) is 11.5 Å². The van der Waals surface area contributed by atoms with Crippen molar-refractivity contribution in [2.75, 3.05) is 6.61 Å². The van der Waals surface area contributed by atoms with Crippen molar-refractivity contribution >= 4 is 35.2 Å². The average Bonchev–Trinajstić information content (AvgIpc) is 2.73. The molecule has 0 aliphatic carbocycles. The van der Waals surface area contributed by atoms with Gasteiger partial charge in [-0.3, -0.25) is 0 Å². The maximum Gasteiger partial charge on any atom is 0.338 e. The Morgan fingerprint density at radius 1 is 1.09 bits per heavy atom. The molecule has 1 heterocycles. The molecular weight excluding hydrogens is 467 g/mol. The van der Waals surface area contributed by atoms with Gasteiger partial charge in [-0.1, -0.05) is 35.3 Å². The van der Waals surface area contributed by atoms with Crippen LogP contribution in [-0.4, -0.2) is 24.7 Å². The summed E-state index contributed by atoms with van der Waals surface area (Å²) in [6, 6.07) is 9.34. The van der Waals surface area contributed by atoms with Crippen LogP contribution in [0.15, 0.2) is 47.7 Å². The number of carbonyl (C=O) groups excluding carboxylic acids is 2. The number of allylic oxidation sites excluding steroid dienone is 1. The molecule has 2 aromatic rings. The fourth-order valence-electron chi connectivity index (χ4n) is 3.40. The molecule has 0 spiro atoms. The first kappa shape index (κ1) is 24.7. The molecule has 2 amide bonds. The van der Waals surface area contributed by atoms with Gasteiger partial charge in [0.05, 0.1) is 24.3 Å². The predicted octanol–water partition coefficient (Wildman–Crippen LogP) is 5.55. The van der Waals surface area contributed by atoms with Gasteiger partial charge < -0.3 is 24.8 Å². The highest BCUT2D eigenvalue weighted by Crippen LogP contribution is 2.36. The number of rotatable bonds is 8. The molecule has 0 aromatic heterocycles. The van der Waals surface area contributed by atoms with Gasteiger partial charge in [-0.05, 0) is 57.5 Å². The van der Waals surface area contributed by atoms with Gasteiger partial charge in [0, 0.05) is 21.3 Å². The highest BCUT2D eigenvalue weighted by molar-refractivity contribution is 6.35. The van der Waals surface area contributed by atoms with Crippen LogP contribution < -0.4 is 20.1 Å². The summed E-state index contributed by atoms with van der Waals surface area (Å²) in [7, 11) is 0. The maximum atomic E-state index is 12.8. The van der Waals surface area contributed by atoms with Crippen LogP contribution in [0.5, 0.6) is 11.5 Å². The van der Waals surface area contributed by atoms with Gasteiger partial charge in [-0.25, -0.2) is 9.59 Å². The van der Waals surface area contributed by atoms with Gasteiger partial charge in [0.2, 0.25) is 0 Å². The molecule has 0 radical (unpaired) electrons. The normalized spacial score (nSPS) is 15.7. The Morgan fingerprint density at radius 2 is 1.79 bits per heavy atom. The average molecular weight is 493 g/mol. The number of hydrogen-bond acceptors (Lipinski definition) is 5. The van der Waals surface area contributed by atoms with Crippen LogP contribution in [0.25, 0.3) is 0 Å². The predicted molar refractivity (Wildman–Crippen MR) is 127 cm³/mol. The SMILES string of the molecule is CCOc1cc(C2NC(=O)NC(C)=C2C(=O)OC(C)C)ccc1OCc1c(Cl)cccc1Cl. The summed E-state index contributed by atoms with van der Waals surface area (Å²) in [5, 5.41) is 6.43. The summed E-state index contributed by atoms with van der Waals surface area (Å²) in [6.45, 7) is 7.58. The molecule has 1 aliphatic rings. The van der Waals surface area contributed by atoms with Crippen molar-refractivity contribution in [3.63, 3.8) is 0 Å². The van der Waals surface area contributed by atoms with Crippen molar-refractivity contribution in [3.05, 3.63) is 68.8 Å². The monoisotopic (exact) mass is 492 g/mol. The number of amides is 2. The first-order valence-corrected chi connectivity index (χ1v) is 11.3. The van der Waals surface area contributed by atoms with Crippen LogP contribution in [0.3, 0.4) is 0 Å². The summed E-state index contributed by atoms with van der Waals surface area (Å²) in [6.07, 6.45) is -0.303. The van der Waals surface area contributed by atoms with Crippen molar-refractivity contribution < 1.29 is 23.8 Å². The fourth-order valence-corrected chi connectivity index (χ4v) is 3.91. The molecule has 3 rings (SSSR count). The largest absolute Gasteiger partial charge is 0.490 e. The number of esters is 1. The lowest BCUT2D eigenvalue weighted by atomic mass is 9.95. The lowest BCUT2D eigenvalue weighted by molar-refractivity contribution is -0.143. The van der Waals surface area contributed by atoms with Crippen LogP contribution in [0, 0.1) is 0 Å². The molecule has 9 heteroatoms. The van der Waals surface area contributed by atoms with E-state index >= 15 is 0 Å². The van der Waals surface area contributed by atoms with Crippen molar-refractivity contribution in [1.82, 2.24) is 10.6 Å². The summed E-state index contributed by atoms with van der Waals surface area (Å²) in [5.41, 5.74) is 2.06. The second-order valence-electron chi connectivity index (χ2n) is 7.65. The Bertz CT molecular complexity index is 1060. The Balaban J connectivity index is 1.93. The number of carbonyl (C=O) groups is 2. The minimum absolute atomic E-state index is 0.146. The molecule has 1 unspecified atom stereocenters. The van der Waals surface area contributed by atoms with E-state index in [4.69, 9.17) is 37.4 Å². The van der Waals surface area contributed by atoms with Crippen LogP contribution in [0.1, 0.15) is 44.9 Å². The van der Waals surface area contributed by atoms with Gasteiger partial charge in [0.25, 0.3) is 0 Å². The quantitative estimate of drug-likeness (QED) is 0.471. The molecule has 1 atom stereocenters.